The van der Waals surface area contributed by atoms with Crippen LogP contribution in [0.4, 0.5) is 10.5 Å². The number of nitrogens with zero attached hydrogens (tertiary/aromatic N) is 2. The lowest BCUT2D eigenvalue weighted by Crippen LogP contribution is -2.49. The van der Waals surface area contributed by atoms with E-state index in [1.807, 2.05) is 29.2 Å². The van der Waals surface area contributed by atoms with Crippen molar-refractivity contribution >= 4 is 11.7 Å². The van der Waals surface area contributed by atoms with Crippen LogP contribution in [-0.2, 0) is 11.2 Å². The molecule has 1 N–H and O–H groups in total. The summed E-state index contributed by atoms with van der Waals surface area (Å²) < 4.78 is 5.85. The molecular formula is C26H35N3O2. The van der Waals surface area contributed by atoms with E-state index in [2.05, 4.69) is 54.4 Å². The number of hydrogen-bond acceptors (Lipinski definition) is 3. The number of urea groups is 1. The average molecular weight is 422 g/mol. The monoisotopic (exact) mass is 421 g/mol. The van der Waals surface area contributed by atoms with E-state index in [-0.39, 0.29) is 6.03 Å². The van der Waals surface area contributed by atoms with Crippen molar-refractivity contribution in [2.45, 2.75) is 45.3 Å². The molecule has 0 saturated carbocycles. The fourth-order valence-electron chi connectivity index (χ4n) is 4.92. The van der Waals surface area contributed by atoms with Crippen LogP contribution in [0.25, 0.3) is 0 Å². The lowest BCUT2D eigenvalue weighted by molar-refractivity contribution is -0.0728. The molecule has 0 bridgehead atoms. The fraction of sp³-hybridized carbons (Fsp3) is 0.500. The molecule has 5 nitrogen and oxygen atoms in total. The highest BCUT2D eigenvalue weighted by atomic mass is 16.5. The maximum atomic E-state index is 12.9. The molecule has 0 aliphatic carbocycles. The zero-order chi connectivity index (χ0) is 21.6. The molecule has 4 rings (SSSR count). The third kappa shape index (κ3) is 6.08. The molecule has 2 saturated heterocycles. The van der Waals surface area contributed by atoms with Gasteiger partial charge in [0.15, 0.2) is 0 Å². The van der Waals surface area contributed by atoms with E-state index in [4.69, 9.17) is 4.74 Å². The lowest BCUT2D eigenvalue weighted by atomic mass is 9.96. The number of para-hydroxylation sites is 1. The number of amides is 2. The normalized spacial score (nSPS) is 23.0. The molecule has 2 aromatic carbocycles. The first kappa shape index (κ1) is 21.8. The quantitative estimate of drug-likeness (QED) is 0.766. The maximum absolute atomic E-state index is 12.9. The Labute approximate surface area is 186 Å². The van der Waals surface area contributed by atoms with Crippen LogP contribution in [0.5, 0.6) is 0 Å². The third-order valence-corrected chi connectivity index (χ3v) is 6.41. The highest BCUT2D eigenvalue weighted by molar-refractivity contribution is 5.90. The van der Waals surface area contributed by atoms with Gasteiger partial charge in [-0.3, -0.25) is 4.90 Å². The summed E-state index contributed by atoms with van der Waals surface area (Å²) in [7, 11) is 0. The second kappa shape index (κ2) is 10.3. The van der Waals surface area contributed by atoms with Gasteiger partial charge in [0.2, 0.25) is 0 Å². The van der Waals surface area contributed by atoms with Crippen LogP contribution in [0.1, 0.15) is 37.8 Å². The van der Waals surface area contributed by atoms with Crippen LogP contribution in [0.15, 0.2) is 54.6 Å². The number of likely N-dealkylation sites (tertiary alicyclic amines) is 1. The van der Waals surface area contributed by atoms with Crippen molar-refractivity contribution < 1.29 is 9.53 Å². The first-order valence-corrected chi connectivity index (χ1v) is 11.6. The van der Waals surface area contributed by atoms with Crippen molar-refractivity contribution in [1.29, 1.82) is 0 Å². The largest absolute Gasteiger partial charge is 0.373 e. The number of anilines is 1. The summed E-state index contributed by atoms with van der Waals surface area (Å²) in [5.41, 5.74) is 3.30. The van der Waals surface area contributed by atoms with E-state index in [0.29, 0.717) is 18.1 Å². The Kier molecular flexibility index (Phi) is 7.25. The molecule has 2 heterocycles. The van der Waals surface area contributed by atoms with Crippen LogP contribution < -0.4 is 5.32 Å². The van der Waals surface area contributed by atoms with Gasteiger partial charge >= 0.3 is 6.03 Å². The van der Waals surface area contributed by atoms with Crippen LogP contribution in [-0.4, -0.2) is 60.8 Å². The minimum atomic E-state index is 0.0209. The van der Waals surface area contributed by atoms with Crippen molar-refractivity contribution in [3.63, 3.8) is 0 Å². The summed E-state index contributed by atoms with van der Waals surface area (Å²) >= 11 is 0. The summed E-state index contributed by atoms with van der Waals surface area (Å²) in [6, 6.07) is 18.5. The van der Waals surface area contributed by atoms with Crippen LogP contribution in [0.3, 0.4) is 0 Å². The second-order valence-corrected chi connectivity index (χ2v) is 9.16. The van der Waals surface area contributed by atoms with Crippen molar-refractivity contribution in [2.75, 3.05) is 38.0 Å². The van der Waals surface area contributed by atoms with Gasteiger partial charge in [-0.2, -0.15) is 0 Å². The Morgan fingerprint density at radius 1 is 0.968 bits per heavy atom. The highest BCUT2D eigenvalue weighted by Gasteiger charge is 2.28. The highest BCUT2D eigenvalue weighted by Crippen LogP contribution is 2.23. The fourth-order valence-corrected chi connectivity index (χ4v) is 4.92. The Morgan fingerprint density at radius 3 is 2.32 bits per heavy atom. The van der Waals surface area contributed by atoms with Gasteiger partial charge in [-0.1, -0.05) is 48.5 Å². The van der Waals surface area contributed by atoms with Gasteiger partial charge in [-0.15, -0.1) is 0 Å². The number of nitrogens with one attached hydrogen (secondary N) is 1. The van der Waals surface area contributed by atoms with Crippen molar-refractivity contribution in [3.8, 4) is 0 Å². The molecule has 0 aromatic heterocycles. The van der Waals surface area contributed by atoms with Gasteiger partial charge in [0.25, 0.3) is 0 Å². The van der Waals surface area contributed by atoms with E-state index >= 15 is 0 Å². The van der Waals surface area contributed by atoms with Crippen molar-refractivity contribution in [2.24, 2.45) is 5.92 Å². The number of rotatable bonds is 5. The predicted molar refractivity (Wildman–Crippen MR) is 125 cm³/mol. The van der Waals surface area contributed by atoms with E-state index in [9.17, 15) is 4.79 Å². The molecule has 5 heteroatoms. The SMILES string of the molecule is CC1CN(CC2CCN(C(=O)Nc3ccccc3Cc3ccccc3)CC2)CC(C)O1. The molecule has 0 spiro atoms. The molecule has 2 aliphatic heterocycles. The summed E-state index contributed by atoms with van der Waals surface area (Å²) in [4.78, 5) is 17.5. The molecular weight excluding hydrogens is 386 g/mol. The summed E-state index contributed by atoms with van der Waals surface area (Å²) in [6.45, 7) is 9.12. The zero-order valence-corrected chi connectivity index (χ0v) is 18.8. The Morgan fingerprint density at radius 2 is 1.61 bits per heavy atom. The Hall–Kier alpha value is -2.37. The minimum absolute atomic E-state index is 0.0209. The number of piperidine rings is 1. The maximum Gasteiger partial charge on any atom is 0.321 e. The number of morpholine rings is 1. The van der Waals surface area contributed by atoms with Crippen molar-refractivity contribution in [1.82, 2.24) is 9.80 Å². The standard InChI is InChI=1S/C26H35N3O2/c1-20-17-28(18-21(2)31-20)19-23-12-14-29(15-13-23)26(30)27-25-11-7-6-10-24(25)16-22-8-4-3-5-9-22/h3-11,20-21,23H,12-19H2,1-2H3,(H,27,30). The molecule has 2 aliphatic rings. The molecule has 2 unspecified atom stereocenters. The van der Waals surface area contributed by atoms with E-state index < -0.39 is 0 Å². The molecule has 2 amide bonds. The van der Waals surface area contributed by atoms with E-state index in [1.54, 1.807) is 0 Å². The first-order chi connectivity index (χ1) is 15.1. The molecule has 166 valence electrons. The molecule has 31 heavy (non-hydrogen) atoms. The minimum Gasteiger partial charge on any atom is -0.373 e. The molecule has 2 atom stereocenters. The number of hydrogen-bond donors (Lipinski definition) is 1. The van der Waals surface area contributed by atoms with Gasteiger partial charge in [0, 0.05) is 38.4 Å². The third-order valence-electron chi connectivity index (χ3n) is 6.41. The van der Waals surface area contributed by atoms with Crippen LogP contribution in [0.2, 0.25) is 0 Å². The van der Waals surface area contributed by atoms with Gasteiger partial charge in [-0.05, 0) is 56.2 Å². The predicted octanol–water partition coefficient (Wildman–Crippen LogP) is 4.63. The van der Waals surface area contributed by atoms with Gasteiger partial charge < -0.3 is 15.0 Å². The Balaban J connectivity index is 1.29. The van der Waals surface area contributed by atoms with E-state index in [1.165, 1.54) is 5.56 Å². The Bertz CT molecular complexity index is 839. The van der Waals surface area contributed by atoms with Crippen molar-refractivity contribution in [3.05, 3.63) is 65.7 Å². The smallest absolute Gasteiger partial charge is 0.321 e. The average Bonchev–Trinajstić information content (AvgIpc) is 2.75. The summed E-state index contributed by atoms with van der Waals surface area (Å²) in [5.74, 6) is 0.659. The molecule has 2 aromatic rings. The summed E-state index contributed by atoms with van der Waals surface area (Å²) in [6.07, 6.45) is 3.57. The molecule has 2 fully saturated rings. The number of carbonyl (C=O) groups excluding carboxylic acids is 1. The van der Waals surface area contributed by atoms with Gasteiger partial charge in [0.05, 0.1) is 12.2 Å². The molecule has 0 radical (unpaired) electrons. The lowest BCUT2D eigenvalue weighted by Gasteiger charge is -2.39. The second-order valence-electron chi connectivity index (χ2n) is 9.16. The van der Waals surface area contributed by atoms with E-state index in [0.717, 1.165) is 63.2 Å². The van der Waals surface area contributed by atoms with Crippen LogP contribution in [0, 0.1) is 5.92 Å². The van der Waals surface area contributed by atoms with Gasteiger partial charge in [0.1, 0.15) is 0 Å². The number of ether oxygens (including phenoxy) is 1. The first-order valence-electron chi connectivity index (χ1n) is 11.6. The number of benzene rings is 2. The number of carbonyl (C=O) groups is 1. The topological polar surface area (TPSA) is 44.8 Å². The van der Waals surface area contributed by atoms with Crippen LogP contribution >= 0.6 is 0 Å². The summed E-state index contributed by atoms with van der Waals surface area (Å²) in [5, 5.41) is 3.17. The zero-order valence-electron chi connectivity index (χ0n) is 18.8. The van der Waals surface area contributed by atoms with Gasteiger partial charge in [-0.25, -0.2) is 4.79 Å².